The van der Waals surface area contributed by atoms with E-state index in [2.05, 4.69) is 60.0 Å². The van der Waals surface area contributed by atoms with Gasteiger partial charge in [0.1, 0.15) is 5.84 Å². The van der Waals surface area contributed by atoms with E-state index in [1.54, 1.807) is 0 Å². The van der Waals surface area contributed by atoms with Gasteiger partial charge in [0.05, 0.1) is 23.3 Å². The minimum absolute atomic E-state index is 0.115. The maximum absolute atomic E-state index is 8.04. The predicted molar refractivity (Wildman–Crippen MR) is 172 cm³/mol. The molecule has 0 spiro atoms. The highest BCUT2D eigenvalue weighted by atomic mass is 15.3. The first-order valence-corrected chi connectivity index (χ1v) is 15.2. The van der Waals surface area contributed by atoms with Crippen molar-refractivity contribution in [1.29, 1.82) is 5.41 Å². The summed E-state index contributed by atoms with van der Waals surface area (Å²) >= 11 is 0. The van der Waals surface area contributed by atoms with E-state index in [4.69, 9.17) is 20.5 Å². The molecular formula is C33H41N9. The number of amidine groups is 1. The Morgan fingerprint density at radius 3 is 2.64 bits per heavy atom. The highest BCUT2D eigenvalue weighted by Crippen LogP contribution is 2.43. The number of anilines is 1. The van der Waals surface area contributed by atoms with Crippen LogP contribution in [0.3, 0.4) is 0 Å². The van der Waals surface area contributed by atoms with Crippen LogP contribution in [0, 0.1) is 5.41 Å². The maximum atomic E-state index is 8.04. The molecule has 3 N–H and O–H groups in total. The molecule has 1 fully saturated rings. The minimum Gasteiger partial charge on any atom is -0.327 e. The Bertz CT molecular complexity index is 1560. The number of aryl methyl sites for hydroxylation is 3. The Balaban J connectivity index is 1.28. The SMILES string of the molecule is CCn1ccc(NC2=N/C=C3/CCc4nn(C)c(-c5ccc(C(C=N)C=NC6CCNCC6)cc5)c4C3=C(C)CC2)n1. The van der Waals surface area contributed by atoms with Gasteiger partial charge in [0.15, 0.2) is 5.82 Å². The van der Waals surface area contributed by atoms with Crippen molar-refractivity contribution < 1.29 is 0 Å². The number of hydrogen-bond acceptors (Lipinski definition) is 7. The quantitative estimate of drug-likeness (QED) is 0.317. The van der Waals surface area contributed by atoms with E-state index in [1.165, 1.54) is 28.5 Å². The average Bonchev–Trinajstić information content (AvgIpc) is 3.61. The summed E-state index contributed by atoms with van der Waals surface area (Å²) in [5.41, 5.74) is 9.68. The molecule has 1 atom stereocenters. The third kappa shape index (κ3) is 5.79. The first-order valence-electron chi connectivity index (χ1n) is 15.2. The molecule has 3 aromatic rings. The predicted octanol–water partition coefficient (Wildman–Crippen LogP) is 5.77. The second-order valence-corrected chi connectivity index (χ2v) is 11.5. The number of nitrogens with one attached hydrogen (secondary N) is 3. The number of fused-ring (bicyclic) bond motifs is 3. The van der Waals surface area contributed by atoms with Crippen molar-refractivity contribution in [3.63, 3.8) is 0 Å². The molecule has 3 aliphatic rings. The summed E-state index contributed by atoms with van der Waals surface area (Å²) in [6.45, 7) is 7.22. The number of aromatic nitrogens is 4. The van der Waals surface area contributed by atoms with Gasteiger partial charge in [0, 0.05) is 62.0 Å². The summed E-state index contributed by atoms with van der Waals surface area (Å²) in [6, 6.07) is 11.0. The molecule has 1 saturated heterocycles. The van der Waals surface area contributed by atoms with Crippen LogP contribution in [-0.2, 0) is 20.0 Å². The molecule has 0 saturated carbocycles. The summed E-state index contributed by atoms with van der Waals surface area (Å²) in [4.78, 5) is 9.72. The van der Waals surface area contributed by atoms with Crippen LogP contribution in [0.4, 0.5) is 5.82 Å². The molecule has 9 nitrogen and oxygen atoms in total. The fourth-order valence-electron chi connectivity index (χ4n) is 6.26. The maximum Gasteiger partial charge on any atom is 0.153 e. The van der Waals surface area contributed by atoms with Gasteiger partial charge in [-0.15, -0.1) is 0 Å². The molecule has 218 valence electrons. The van der Waals surface area contributed by atoms with Gasteiger partial charge in [-0.05, 0) is 75.8 Å². The van der Waals surface area contributed by atoms with Crippen LogP contribution in [0.1, 0.15) is 68.7 Å². The molecule has 1 aromatic carbocycles. The van der Waals surface area contributed by atoms with Crippen molar-refractivity contribution in [3.05, 3.63) is 70.7 Å². The van der Waals surface area contributed by atoms with Crippen molar-refractivity contribution >= 4 is 29.7 Å². The van der Waals surface area contributed by atoms with Crippen LogP contribution in [0.25, 0.3) is 16.8 Å². The molecule has 4 heterocycles. The molecule has 9 heteroatoms. The lowest BCUT2D eigenvalue weighted by Crippen LogP contribution is -2.30. The number of benzene rings is 1. The molecule has 0 amide bonds. The lowest BCUT2D eigenvalue weighted by molar-refractivity contribution is 0.460. The molecule has 0 bridgehead atoms. The van der Waals surface area contributed by atoms with E-state index in [-0.39, 0.29) is 5.92 Å². The number of nitrogens with zero attached hydrogens (tertiary/aromatic N) is 6. The number of aliphatic imine (C=N–C) groups is 2. The van der Waals surface area contributed by atoms with Crippen LogP contribution >= 0.6 is 0 Å². The summed E-state index contributed by atoms with van der Waals surface area (Å²) in [7, 11) is 2.05. The van der Waals surface area contributed by atoms with Crippen molar-refractivity contribution in [1.82, 2.24) is 24.9 Å². The monoisotopic (exact) mass is 563 g/mol. The number of rotatable bonds is 7. The van der Waals surface area contributed by atoms with E-state index in [0.717, 1.165) is 92.3 Å². The smallest absolute Gasteiger partial charge is 0.153 e. The van der Waals surface area contributed by atoms with Crippen molar-refractivity contribution in [2.75, 3.05) is 18.4 Å². The fourth-order valence-corrected chi connectivity index (χ4v) is 6.26. The summed E-state index contributed by atoms with van der Waals surface area (Å²) in [5.74, 6) is 1.67. The molecule has 42 heavy (non-hydrogen) atoms. The third-order valence-electron chi connectivity index (χ3n) is 8.61. The van der Waals surface area contributed by atoms with Gasteiger partial charge in [-0.2, -0.15) is 10.2 Å². The standard InChI is InChI=1S/C33H41N9/c1-4-42-18-15-30(40-42)38-29-12-5-22(2)31-25(20-37-29)10-11-28-32(31)33(41(3)39-28)24-8-6-23(7-9-24)26(19-34)21-36-27-13-16-35-17-14-27/h6-9,15,18-21,26-27,34-35H,4-5,10-14,16-17H2,1-3H3,(H,37,38,40)/b25-20-,31-22?,34-19?,36-21?. The van der Waals surface area contributed by atoms with Crippen LogP contribution in [-0.4, -0.2) is 57.0 Å². The van der Waals surface area contributed by atoms with Crippen LogP contribution in [0.15, 0.2) is 63.9 Å². The minimum atomic E-state index is -0.115. The first-order chi connectivity index (χ1) is 20.5. The molecule has 1 aliphatic carbocycles. The summed E-state index contributed by atoms with van der Waals surface area (Å²) in [5, 5.41) is 24.4. The molecule has 0 radical (unpaired) electrons. The van der Waals surface area contributed by atoms with Gasteiger partial charge in [-0.1, -0.05) is 29.8 Å². The molecule has 6 rings (SSSR count). The first kappa shape index (κ1) is 28.0. The van der Waals surface area contributed by atoms with Crippen LogP contribution in [0.2, 0.25) is 0 Å². The van der Waals surface area contributed by atoms with Crippen LogP contribution < -0.4 is 10.6 Å². The van der Waals surface area contributed by atoms with Gasteiger partial charge < -0.3 is 16.0 Å². The van der Waals surface area contributed by atoms with Gasteiger partial charge in [0.25, 0.3) is 0 Å². The topological polar surface area (TPSA) is 108 Å². The zero-order chi connectivity index (χ0) is 29.1. The molecule has 1 unspecified atom stereocenters. The van der Waals surface area contributed by atoms with E-state index in [9.17, 15) is 0 Å². The van der Waals surface area contributed by atoms with E-state index >= 15 is 0 Å². The Labute approximate surface area is 248 Å². The highest BCUT2D eigenvalue weighted by molar-refractivity contribution is 5.97. The van der Waals surface area contributed by atoms with Crippen LogP contribution in [0.5, 0.6) is 0 Å². The van der Waals surface area contributed by atoms with Crippen molar-refractivity contribution in [3.8, 4) is 11.3 Å². The number of piperidine rings is 1. The second-order valence-electron chi connectivity index (χ2n) is 11.5. The number of hydrogen-bond donors (Lipinski definition) is 3. The second kappa shape index (κ2) is 12.4. The summed E-state index contributed by atoms with van der Waals surface area (Å²) < 4.78 is 3.95. The zero-order valence-electron chi connectivity index (χ0n) is 24.9. The van der Waals surface area contributed by atoms with Gasteiger partial charge in [0.2, 0.25) is 0 Å². The molecule has 2 aromatic heterocycles. The van der Waals surface area contributed by atoms with E-state index < -0.39 is 0 Å². The molecular weight excluding hydrogens is 522 g/mol. The molecule has 2 aliphatic heterocycles. The van der Waals surface area contributed by atoms with E-state index in [0.29, 0.717) is 6.04 Å². The third-order valence-corrected chi connectivity index (χ3v) is 8.61. The Hall–Kier alpha value is -4.11. The highest BCUT2D eigenvalue weighted by Gasteiger charge is 2.29. The zero-order valence-corrected chi connectivity index (χ0v) is 24.9. The lowest BCUT2D eigenvalue weighted by atomic mass is 9.81. The Morgan fingerprint density at radius 1 is 1.10 bits per heavy atom. The normalized spacial score (nSPS) is 19.8. The van der Waals surface area contributed by atoms with Gasteiger partial charge in [-0.3, -0.25) is 14.4 Å². The number of allylic oxidation sites excluding steroid dienone is 3. The lowest BCUT2D eigenvalue weighted by Gasteiger charge is -2.24. The Kier molecular flexibility index (Phi) is 8.28. The van der Waals surface area contributed by atoms with Crippen molar-refractivity contribution in [2.24, 2.45) is 17.0 Å². The summed E-state index contributed by atoms with van der Waals surface area (Å²) in [6.07, 6.45) is 13.2. The largest absolute Gasteiger partial charge is 0.327 e. The van der Waals surface area contributed by atoms with Gasteiger partial charge >= 0.3 is 0 Å². The van der Waals surface area contributed by atoms with Crippen molar-refractivity contribution in [2.45, 2.75) is 70.9 Å². The fraction of sp³-hybridized carbons (Fsp3) is 0.424. The Morgan fingerprint density at radius 2 is 1.90 bits per heavy atom. The van der Waals surface area contributed by atoms with Gasteiger partial charge in [-0.25, -0.2) is 4.99 Å². The van der Waals surface area contributed by atoms with E-state index in [1.807, 2.05) is 34.9 Å². The average molecular weight is 564 g/mol.